The van der Waals surface area contributed by atoms with Crippen LogP contribution in [0.15, 0.2) is 36.5 Å². The zero-order valence-corrected chi connectivity index (χ0v) is 16.5. The van der Waals surface area contributed by atoms with Gasteiger partial charge in [-0.1, -0.05) is 12.1 Å². The van der Waals surface area contributed by atoms with Crippen molar-refractivity contribution in [2.24, 2.45) is 0 Å². The third kappa shape index (κ3) is 3.72. The fourth-order valence-corrected chi connectivity index (χ4v) is 3.68. The Morgan fingerprint density at radius 2 is 1.96 bits per heavy atom. The maximum atomic E-state index is 12.5. The SMILES string of the molecule is CCn1cc2c(C)cc(-c3ccccc3OCC(=O)N3CCCCC3)nc2n1. The Morgan fingerprint density at radius 3 is 2.75 bits per heavy atom. The number of pyridine rings is 1. The van der Waals surface area contributed by atoms with Crippen molar-refractivity contribution in [2.75, 3.05) is 19.7 Å². The molecule has 0 spiro atoms. The summed E-state index contributed by atoms with van der Waals surface area (Å²) in [5.74, 6) is 0.727. The Kier molecular flexibility index (Phi) is 5.28. The van der Waals surface area contributed by atoms with Crippen molar-refractivity contribution in [3.05, 3.63) is 42.1 Å². The van der Waals surface area contributed by atoms with Crippen LogP contribution in [0.1, 0.15) is 31.7 Å². The van der Waals surface area contributed by atoms with Gasteiger partial charge in [-0.2, -0.15) is 5.10 Å². The van der Waals surface area contributed by atoms with Crippen LogP contribution in [0.3, 0.4) is 0 Å². The largest absolute Gasteiger partial charge is 0.483 e. The lowest BCUT2D eigenvalue weighted by Crippen LogP contribution is -2.38. The second kappa shape index (κ2) is 8.00. The molecule has 0 N–H and O–H groups in total. The average molecular weight is 378 g/mol. The number of carbonyl (C=O) groups is 1. The monoisotopic (exact) mass is 378 g/mol. The van der Waals surface area contributed by atoms with E-state index in [9.17, 15) is 4.79 Å². The highest BCUT2D eigenvalue weighted by Gasteiger charge is 2.18. The zero-order valence-electron chi connectivity index (χ0n) is 16.5. The summed E-state index contributed by atoms with van der Waals surface area (Å²) in [7, 11) is 0. The second-order valence-electron chi connectivity index (χ2n) is 7.27. The first-order chi connectivity index (χ1) is 13.7. The minimum Gasteiger partial charge on any atom is -0.483 e. The van der Waals surface area contributed by atoms with Crippen LogP contribution in [0.2, 0.25) is 0 Å². The van der Waals surface area contributed by atoms with E-state index >= 15 is 0 Å². The van der Waals surface area contributed by atoms with Crippen LogP contribution in [-0.2, 0) is 11.3 Å². The smallest absolute Gasteiger partial charge is 0.260 e. The van der Waals surface area contributed by atoms with E-state index in [0.29, 0.717) is 5.75 Å². The predicted octanol–water partition coefficient (Wildman–Crippen LogP) is 3.82. The van der Waals surface area contributed by atoms with Crippen LogP contribution in [0.5, 0.6) is 5.75 Å². The summed E-state index contributed by atoms with van der Waals surface area (Å²) in [6, 6.07) is 9.80. The van der Waals surface area contributed by atoms with Crippen molar-refractivity contribution in [2.45, 2.75) is 39.7 Å². The molecule has 1 aromatic carbocycles. The molecule has 1 saturated heterocycles. The average Bonchev–Trinajstić information content (AvgIpc) is 3.17. The van der Waals surface area contributed by atoms with Gasteiger partial charge in [0.05, 0.1) is 5.69 Å². The number of carbonyl (C=O) groups excluding carboxylic acids is 1. The molecule has 0 aliphatic carbocycles. The van der Waals surface area contributed by atoms with Crippen LogP contribution in [0, 0.1) is 6.92 Å². The summed E-state index contributed by atoms with van der Waals surface area (Å²) in [5, 5.41) is 5.61. The third-order valence-electron chi connectivity index (χ3n) is 5.29. The molecule has 6 nitrogen and oxygen atoms in total. The molecule has 0 radical (unpaired) electrons. The molecule has 1 aliphatic rings. The van der Waals surface area contributed by atoms with Crippen LogP contribution in [0.25, 0.3) is 22.3 Å². The van der Waals surface area contributed by atoms with Crippen molar-refractivity contribution in [3.8, 4) is 17.0 Å². The van der Waals surface area contributed by atoms with Crippen LogP contribution in [-0.4, -0.2) is 45.3 Å². The van der Waals surface area contributed by atoms with Crippen molar-refractivity contribution in [3.63, 3.8) is 0 Å². The van der Waals surface area contributed by atoms with Gasteiger partial charge in [0.15, 0.2) is 12.3 Å². The number of hydrogen-bond acceptors (Lipinski definition) is 4. The predicted molar refractivity (Wildman–Crippen MR) is 109 cm³/mol. The van der Waals surface area contributed by atoms with Gasteiger partial charge < -0.3 is 9.64 Å². The molecule has 3 heterocycles. The highest BCUT2D eigenvalue weighted by molar-refractivity contribution is 5.83. The lowest BCUT2D eigenvalue weighted by molar-refractivity contribution is -0.134. The van der Waals surface area contributed by atoms with Gasteiger partial charge in [0, 0.05) is 36.8 Å². The number of likely N-dealkylation sites (tertiary alicyclic amines) is 1. The maximum absolute atomic E-state index is 12.5. The number of benzene rings is 1. The van der Waals surface area contributed by atoms with Gasteiger partial charge in [0.2, 0.25) is 0 Å². The quantitative estimate of drug-likeness (QED) is 0.677. The van der Waals surface area contributed by atoms with E-state index in [1.165, 1.54) is 6.42 Å². The molecular formula is C22H26N4O2. The Labute approximate surface area is 165 Å². The fraction of sp³-hybridized carbons (Fsp3) is 0.409. The molecule has 0 unspecified atom stereocenters. The summed E-state index contributed by atoms with van der Waals surface area (Å²) >= 11 is 0. The number of hydrogen-bond donors (Lipinski definition) is 0. The zero-order chi connectivity index (χ0) is 19.5. The van der Waals surface area contributed by atoms with Gasteiger partial charge in [0.1, 0.15) is 5.75 Å². The second-order valence-corrected chi connectivity index (χ2v) is 7.27. The van der Waals surface area contributed by atoms with E-state index in [2.05, 4.69) is 25.0 Å². The Morgan fingerprint density at radius 1 is 1.18 bits per heavy atom. The first-order valence-electron chi connectivity index (χ1n) is 10.0. The molecule has 3 aromatic rings. The van der Waals surface area contributed by atoms with Gasteiger partial charge in [0.25, 0.3) is 5.91 Å². The lowest BCUT2D eigenvalue weighted by atomic mass is 10.1. The van der Waals surface area contributed by atoms with Gasteiger partial charge in [-0.25, -0.2) is 4.98 Å². The summed E-state index contributed by atoms with van der Waals surface area (Å²) in [5.41, 5.74) is 3.55. The standard InChI is InChI=1S/C22H26N4O2/c1-3-26-14-18-16(2)13-19(23-22(18)24-26)17-9-5-6-10-20(17)28-15-21(27)25-11-7-4-8-12-25/h5-6,9-10,13-14H,3-4,7-8,11-12,15H2,1-2H3. The fourth-order valence-electron chi connectivity index (χ4n) is 3.68. The summed E-state index contributed by atoms with van der Waals surface area (Å²) in [6.45, 7) is 6.66. The third-order valence-corrected chi connectivity index (χ3v) is 5.29. The number of piperidine rings is 1. The van der Waals surface area contributed by atoms with E-state index in [-0.39, 0.29) is 12.5 Å². The lowest BCUT2D eigenvalue weighted by Gasteiger charge is -2.26. The first-order valence-corrected chi connectivity index (χ1v) is 10.0. The van der Waals surface area contributed by atoms with E-state index in [4.69, 9.17) is 9.72 Å². The number of aromatic nitrogens is 3. The molecule has 146 valence electrons. The number of rotatable bonds is 5. The molecular weight excluding hydrogens is 352 g/mol. The summed E-state index contributed by atoms with van der Waals surface area (Å²) in [6.07, 6.45) is 5.39. The van der Waals surface area contributed by atoms with Gasteiger partial charge in [-0.05, 0) is 56.9 Å². The highest BCUT2D eigenvalue weighted by Crippen LogP contribution is 2.31. The van der Waals surface area contributed by atoms with Crippen molar-refractivity contribution >= 4 is 16.9 Å². The molecule has 2 aromatic heterocycles. The Hall–Kier alpha value is -2.89. The van der Waals surface area contributed by atoms with Gasteiger partial charge >= 0.3 is 0 Å². The number of para-hydroxylation sites is 1. The molecule has 1 amide bonds. The van der Waals surface area contributed by atoms with Gasteiger partial charge in [-0.3, -0.25) is 9.48 Å². The molecule has 1 fully saturated rings. The van der Waals surface area contributed by atoms with E-state index in [0.717, 1.165) is 60.3 Å². The minimum atomic E-state index is 0.0517. The number of ether oxygens (including phenoxy) is 1. The van der Waals surface area contributed by atoms with Crippen LogP contribution < -0.4 is 4.74 Å². The molecule has 28 heavy (non-hydrogen) atoms. The molecule has 0 atom stereocenters. The first kappa shape index (κ1) is 18.5. The molecule has 0 bridgehead atoms. The molecule has 1 aliphatic heterocycles. The maximum Gasteiger partial charge on any atom is 0.260 e. The summed E-state index contributed by atoms with van der Waals surface area (Å²) < 4.78 is 7.83. The topological polar surface area (TPSA) is 60.2 Å². The number of fused-ring (bicyclic) bond motifs is 1. The number of nitrogens with zero attached hydrogens (tertiary/aromatic N) is 4. The number of amides is 1. The Bertz CT molecular complexity index is 989. The van der Waals surface area contributed by atoms with Crippen LogP contribution in [0.4, 0.5) is 0 Å². The molecule has 6 heteroatoms. The highest BCUT2D eigenvalue weighted by atomic mass is 16.5. The number of aryl methyl sites for hydroxylation is 2. The van der Waals surface area contributed by atoms with Crippen molar-refractivity contribution < 1.29 is 9.53 Å². The van der Waals surface area contributed by atoms with E-state index in [1.807, 2.05) is 40.0 Å². The van der Waals surface area contributed by atoms with Crippen molar-refractivity contribution in [1.82, 2.24) is 19.7 Å². The summed E-state index contributed by atoms with van der Waals surface area (Å²) in [4.78, 5) is 19.1. The normalized spacial score (nSPS) is 14.4. The van der Waals surface area contributed by atoms with Crippen molar-refractivity contribution in [1.29, 1.82) is 0 Å². The van der Waals surface area contributed by atoms with E-state index in [1.54, 1.807) is 0 Å². The van der Waals surface area contributed by atoms with E-state index < -0.39 is 0 Å². The Balaban J connectivity index is 1.59. The minimum absolute atomic E-state index is 0.0517. The molecule has 0 saturated carbocycles. The van der Waals surface area contributed by atoms with Gasteiger partial charge in [-0.15, -0.1) is 0 Å². The van der Waals surface area contributed by atoms with Crippen LogP contribution >= 0.6 is 0 Å². The molecule has 4 rings (SSSR count).